The second-order valence-electron chi connectivity index (χ2n) is 4.15. The minimum Gasteiger partial charge on any atom is -0.374 e. The third kappa shape index (κ3) is 3.04. The Labute approximate surface area is 86.7 Å². The van der Waals surface area contributed by atoms with Gasteiger partial charge in [-0.3, -0.25) is 0 Å². The van der Waals surface area contributed by atoms with Crippen molar-refractivity contribution in [3.8, 4) is 0 Å². The second kappa shape index (κ2) is 5.01. The fraction of sp³-hybridized carbons (Fsp3) is 0.500. The summed E-state index contributed by atoms with van der Waals surface area (Å²) in [6, 6.07) is 8.41. The molecule has 0 unspecified atom stereocenters. The Morgan fingerprint density at radius 1 is 1.36 bits per heavy atom. The van der Waals surface area contributed by atoms with Crippen molar-refractivity contribution in [3.63, 3.8) is 0 Å². The predicted octanol–water partition coefficient (Wildman–Crippen LogP) is 2.24. The van der Waals surface area contributed by atoms with Gasteiger partial charge in [-0.25, -0.2) is 0 Å². The molecule has 1 aromatic carbocycles. The minimum atomic E-state index is 0.614. The van der Waals surface area contributed by atoms with Crippen molar-refractivity contribution in [2.75, 3.05) is 18.5 Å². The van der Waals surface area contributed by atoms with Crippen molar-refractivity contribution in [2.45, 2.75) is 20.4 Å². The monoisotopic (exact) mass is 192 g/mol. The highest BCUT2D eigenvalue weighted by Gasteiger charge is 2.03. The molecule has 2 nitrogen and oxygen atoms in total. The van der Waals surface area contributed by atoms with E-state index in [1.807, 2.05) is 0 Å². The molecule has 0 aliphatic rings. The van der Waals surface area contributed by atoms with Gasteiger partial charge in [0.1, 0.15) is 0 Å². The molecule has 0 heterocycles. The van der Waals surface area contributed by atoms with Crippen LogP contribution in [0.1, 0.15) is 19.4 Å². The molecule has 0 aromatic heterocycles. The lowest BCUT2D eigenvalue weighted by molar-refractivity contribution is 0.638. The summed E-state index contributed by atoms with van der Waals surface area (Å²) < 4.78 is 0. The molecular weight excluding hydrogens is 172 g/mol. The summed E-state index contributed by atoms with van der Waals surface area (Å²) in [5.41, 5.74) is 8.05. The quantitative estimate of drug-likeness (QED) is 0.792. The summed E-state index contributed by atoms with van der Waals surface area (Å²) in [6.45, 7) is 6.14. The first-order valence-corrected chi connectivity index (χ1v) is 5.13. The van der Waals surface area contributed by atoms with E-state index in [0.717, 1.165) is 6.54 Å². The Balaban J connectivity index is 2.73. The fourth-order valence-electron chi connectivity index (χ4n) is 1.57. The van der Waals surface area contributed by atoms with Crippen LogP contribution in [0, 0.1) is 5.92 Å². The molecule has 0 spiro atoms. The first-order valence-electron chi connectivity index (χ1n) is 5.13. The molecule has 14 heavy (non-hydrogen) atoms. The number of benzene rings is 1. The van der Waals surface area contributed by atoms with Crippen LogP contribution in [0.4, 0.5) is 5.69 Å². The molecule has 2 N–H and O–H groups in total. The topological polar surface area (TPSA) is 29.3 Å². The Bertz CT molecular complexity index is 281. The largest absolute Gasteiger partial charge is 0.374 e. The minimum absolute atomic E-state index is 0.614. The highest BCUT2D eigenvalue weighted by atomic mass is 15.1. The van der Waals surface area contributed by atoms with Crippen molar-refractivity contribution in [1.29, 1.82) is 0 Å². The van der Waals surface area contributed by atoms with Crippen LogP contribution >= 0.6 is 0 Å². The fourth-order valence-corrected chi connectivity index (χ4v) is 1.57. The highest BCUT2D eigenvalue weighted by molar-refractivity contribution is 5.47. The molecule has 0 radical (unpaired) electrons. The van der Waals surface area contributed by atoms with Gasteiger partial charge in [0.25, 0.3) is 0 Å². The van der Waals surface area contributed by atoms with Crippen LogP contribution in [-0.4, -0.2) is 13.6 Å². The summed E-state index contributed by atoms with van der Waals surface area (Å²) >= 11 is 0. The van der Waals surface area contributed by atoms with Gasteiger partial charge in [-0.05, 0) is 23.6 Å². The summed E-state index contributed by atoms with van der Waals surface area (Å²) in [6.07, 6.45) is 0. The molecule has 2 heteroatoms. The second-order valence-corrected chi connectivity index (χ2v) is 4.15. The number of hydrogen-bond donors (Lipinski definition) is 1. The standard InChI is InChI=1S/C12H20N2/c1-10(2)9-14(3)12-6-4-5-11(7-12)8-13/h4-7,10H,8-9,13H2,1-3H3. The first kappa shape index (κ1) is 11.1. The molecule has 78 valence electrons. The van der Waals surface area contributed by atoms with E-state index in [1.165, 1.54) is 11.3 Å². The van der Waals surface area contributed by atoms with Crippen LogP contribution in [0.3, 0.4) is 0 Å². The van der Waals surface area contributed by atoms with Crippen molar-refractivity contribution in [1.82, 2.24) is 0 Å². The van der Waals surface area contributed by atoms with Gasteiger partial charge in [-0.2, -0.15) is 0 Å². The average molecular weight is 192 g/mol. The van der Waals surface area contributed by atoms with Crippen molar-refractivity contribution < 1.29 is 0 Å². The number of anilines is 1. The highest BCUT2D eigenvalue weighted by Crippen LogP contribution is 2.15. The van der Waals surface area contributed by atoms with Crippen LogP contribution in [0.25, 0.3) is 0 Å². The Morgan fingerprint density at radius 2 is 2.07 bits per heavy atom. The molecule has 0 fully saturated rings. The lowest BCUT2D eigenvalue weighted by Crippen LogP contribution is -2.22. The van der Waals surface area contributed by atoms with Crippen LogP contribution in [0.15, 0.2) is 24.3 Å². The van der Waals surface area contributed by atoms with Gasteiger partial charge in [-0.1, -0.05) is 26.0 Å². The maximum absolute atomic E-state index is 5.60. The molecule has 1 aromatic rings. The Morgan fingerprint density at radius 3 is 2.64 bits per heavy atom. The first-order chi connectivity index (χ1) is 6.63. The summed E-state index contributed by atoms with van der Waals surface area (Å²) in [5.74, 6) is 0.682. The SMILES string of the molecule is CC(C)CN(C)c1cccc(CN)c1. The number of nitrogens with zero attached hydrogens (tertiary/aromatic N) is 1. The number of rotatable bonds is 4. The molecule has 1 rings (SSSR count). The normalized spacial score (nSPS) is 10.6. The summed E-state index contributed by atoms with van der Waals surface area (Å²) in [7, 11) is 2.12. The van der Waals surface area contributed by atoms with E-state index in [1.54, 1.807) is 0 Å². The van der Waals surface area contributed by atoms with E-state index in [0.29, 0.717) is 12.5 Å². The van der Waals surface area contributed by atoms with Crippen molar-refractivity contribution in [2.24, 2.45) is 11.7 Å². The van der Waals surface area contributed by atoms with Gasteiger partial charge in [0.2, 0.25) is 0 Å². The Hall–Kier alpha value is -1.02. The van der Waals surface area contributed by atoms with E-state index in [9.17, 15) is 0 Å². The number of nitrogens with two attached hydrogens (primary N) is 1. The van der Waals surface area contributed by atoms with Gasteiger partial charge in [0.05, 0.1) is 0 Å². The molecule has 0 saturated heterocycles. The van der Waals surface area contributed by atoms with E-state index >= 15 is 0 Å². The van der Waals surface area contributed by atoms with Gasteiger partial charge in [0.15, 0.2) is 0 Å². The molecular formula is C12H20N2. The van der Waals surface area contributed by atoms with E-state index in [-0.39, 0.29) is 0 Å². The maximum atomic E-state index is 5.60. The van der Waals surface area contributed by atoms with Crippen LogP contribution in [0.2, 0.25) is 0 Å². The Kier molecular flexibility index (Phi) is 3.96. The molecule has 0 atom stereocenters. The van der Waals surface area contributed by atoms with Crippen LogP contribution in [-0.2, 0) is 6.54 Å². The van der Waals surface area contributed by atoms with Crippen molar-refractivity contribution >= 4 is 5.69 Å². The molecule has 0 bridgehead atoms. The predicted molar refractivity (Wildman–Crippen MR) is 62.4 cm³/mol. The van der Waals surface area contributed by atoms with E-state index < -0.39 is 0 Å². The van der Waals surface area contributed by atoms with E-state index in [4.69, 9.17) is 5.73 Å². The number of hydrogen-bond acceptors (Lipinski definition) is 2. The van der Waals surface area contributed by atoms with Crippen molar-refractivity contribution in [3.05, 3.63) is 29.8 Å². The zero-order chi connectivity index (χ0) is 10.6. The van der Waals surface area contributed by atoms with Gasteiger partial charge in [0, 0.05) is 25.8 Å². The smallest absolute Gasteiger partial charge is 0.0366 e. The summed E-state index contributed by atoms with van der Waals surface area (Å²) in [5, 5.41) is 0. The molecule has 0 aliphatic carbocycles. The molecule has 0 saturated carbocycles. The van der Waals surface area contributed by atoms with Gasteiger partial charge in [-0.15, -0.1) is 0 Å². The average Bonchev–Trinajstić information content (AvgIpc) is 2.17. The zero-order valence-electron chi connectivity index (χ0n) is 9.33. The lowest BCUT2D eigenvalue weighted by Gasteiger charge is -2.21. The van der Waals surface area contributed by atoms with Crippen LogP contribution < -0.4 is 10.6 Å². The molecule has 0 amide bonds. The van der Waals surface area contributed by atoms with E-state index in [2.05, 4.69) is 50.1 Å². The van der Waals surface area contributed by atoms with Gasteiger partial charge >= 0.3 is 0 Å². The van der Waals surface area contributed by atoms with Crippen LogP contribution in [0.5, 0.6) is 0 Å². The maximum Gasteiger partial charge on any atom is 0.0366 e. The lowest BCUT2D eigenvalue weighted by atomic mass is 10.1. The zero-order valence-corrected chi connectivity index (χ0v) is 9.33. The summed E-state index contributed by atoms with van der Waals surface area (Å²) in [4.78, 5) is 2.27. The third-order valence-corrected chi connectivity index (χ3v) is 2.23. The van der Waals surface area contributed by atoms with Gasteiger partial charge < -0.3 is 10.6 Å². The third-order valence-electron chi connectivity index (χ3n) is 2.23. The molecule has 0 aliphatic heterocycles.